The van der Waals surface area contributed by atoms with Crippen LogP contribution >= 0.6 is 0 Å². The summed E-state index contributed by atoms with van der Waals surface area (Å²) in [4.78, 5) is 63.2. The van der Waals surface area contributed by atoms with Gasteiger partial charge in [-0.25, -0.2) is 24.1 Å². The molecule has 2 aliphatic heterocycles. The largest absolute Gasteiger partial charge is 0.444 e. The molecule has 2 aromatic carbocycles. The molecule has 4 aromatic heterocycles. The number of ketones is 2. The average molecular weight is 892 g/mol. The second-order valence-corrected chi connectivity index (χ2v) is 18.9. The number of hydrogen-bond donors (Lipinski definition) is 3. The first-order valence-electron chi connectivity index (χ1n) is 20.9. The van der Waals surface area contributed by atoms with E-state index in [1.165, 1.54) is 21.4 Å². The molecule has 2 aliphatic rings. The molecule has 0 radical (unpaired) electrons. The van der Waals surface area contributed by atoms with E-state index in [0.717, 1.165) is 6.42 Å². The van der Waals surface area contributed by atoms with E-state index in [1.807, 2.05) is 65.8 Å². The Balaban J connectivity index is 0.000000192. The molecular weight excluding hydrogens is 839 g/mol. The molecule has 6 heterocycles. The SMILES string of the molecule is CC(C)(C)OC(=O)N1CC[C@H](Nc2cc(N)n3ncc(C(=O)c4ccccc4)c3n2)C1.CS(=O)c1cc(N[C@H]2CCN(C(=O)OC(C)(C)C)C2)nc2c(C(=O)c3ccccc3)cnn12. The van der Waals surface area contributed by atoms with Crippen molar-refractivity contribution >= 4 is 63.3 Å². The van der Waals surface area contributed by atoms with Crippen LogP contribution < -0.4 is 16.4 Å². The van der Waals surface area contributed by atoms with Crippen molar-refractivity contribution in [2.24, 2.45) is 0 Å². The topological polar surface area (TPSA) is 221 Å². The third-order valence-electron chi connectivity index (χ3n) is 10.2. The van der Waals surface area contributed by atoms with Crippen molar-refractivity contribution < 1.29 is 32.9 Å². The lowest BCUT2D eigenvalue weighted by Crippen LogP contribution is -2.36. The number of nitrogen functional groups attached to an aromatic ring is 1. The van der Waals surface area contributed by atoms with E-state index in [4.69, 9.17) is 15.2 Å². The Hall–Kier alpha value is -6.89. The zero-order chi connectivity index (χ0) is 45.9. The first-order valence-corrected chi connectivity index (χ1v) is 22.4. The minimum atomic E-state index is -1.36. The van der Waals surface area contributed by atoms with Gasteiger partial charge in [0.2, 0.25) is 0 Å². The lowest BCUT2D eigenvalue weighted by atomic mass is 10.1. The number of fused-ring (bicyclic) bond motifs is 2. The summed E-state index contributed by atoms with van der Waals surface area (Å²) in [7, 11) is -1.36. The summed E-state index contributed by atoms with van der Waals surface area (Å²) in [6.07, 6.45) is 5.28. The number of nitrogens with zero attached hydrogens (tertiary/aromatic N) is 8. The highest BCUT2D eigenvalue weighted by Crippen LogP contribution is 2.25. The zero-order valence-corrected chi connectivity index (χ0v) is 37.7. The number of hydrogen-bond acceptors (Lipinski definition) is 14. The number of aromatic nitrogens is 6. The number of carbonyl (C=O) groups excluding carboxylic acids is 4. The lowest BCUT2D eigenvalue weighted by molar-refractivity contribution is 0.0283. The van der Waals surface area contributed by atoms with Gasteiger partial charge in [-0.15, -0.1) is 0 Å². The Morgan fingerprint density at radius 1 is 0.672 bits per heavy atom. The summed E-state index contributed by atoms with van der Waals surface area (Å²) in [5.41, 5.74) is 7.57. The van der Waals surface area contributed by atoms with Gasteiger partial charge in [0.1, 0.15) is 33.7 Å². The van der Waals surface area contributed by atoms with Crippen LogP contribution in [0.2, 0.25) is 0 Å². The molecule has 19 heteroatoms. The molecule has 4 N–H and O–H groups in total. The Morgan fingerprint density at radius 2 is 1.09 bits per heavy atom. The molecule has 1 unspecified atom stereocenters. The van der Waals surface area contributed by atoms with Gasteiger partial charge in [-0.05, 0) is 54.4 Å². The molecule has 64 heavy (non-hydrogen) atoms. The molecule has 2 fully saturated rings. The predicted octanol–water partition coefficient (Wildman–Crippen LogP) is 6.08. The first-order chi connectivity index (χ1) is 30.3. The van der Waals surface area contributed by atoms with E-state index in [0.29, 0.717) is 88.6 Å². The number of amides is 2. The molecule has 6 aromatic rings. The molecular formula is C45H53N11O7S. The van der Waals surface area contributed by atoms with Crippen LogP contribution in [-0.4, -0.2) is 123 Å². The maximum Gasteiger partial charge on any atom is 0.410 e. The number of likely N-dealkylation sites (tertiary alicyclic amines) is 2. The van der Waals surface area contributed by atoms with Gasteiger partial charge in [0, 0.05) is 67.8 Å². The molecule has 3 atom stereocenters. The maximum atomic E-state index is 13.0. The van der Waals surface area contributed by atoms with Gasteiger partial charge in [-0.1, -0.05) is 60.7 Å². The average Bonchev–Trinajstić information content (AvgIpc) is 4.07. The third kappa shape index (κ3) is 10.6. The first kappa shape index (κ1) is 45.1. The summed E-state index contributed by atoms with van der Waals surface area (Å²) in [5.74, 6) is 0.994. The quantitative estimate of drug-likeness (QED) is 0.111. The van der Waals surface area contributed by atoms with Gasteiger partial charge in [0.15, 0.2) is 22.9 Å². The Kier molecular flexibility index (Phi) is 13.0. The Labute approximate surface area is 373 Å². The summed E-state index contributed by atoms with van der Waals surface area (Å²) in [6, 6.07) is 21.2. The molecule has 2 amide bonds. The number of nitrogens with one attached hydrogen (secondary N) is 2. The van der Waals surface area contributed by atoms with Crippen molar-refractivity contribution in [3.05, 3.63) is 107 Å². The molecule has 0 spiro atoms. The van der Waals surface area contributed by atoms with Gasteiger partial charge in [-0.3, -0.25) is 13.8 Å². The number of rotatable bonds is 9. The molecule has 0 bridgehead atoms. The van der Waals surface area contributed by atoms with Crippen LogP contribution in [0.5, 0.6) is 0 Å². The molecule has 336 valence electrons. The Morgan fingerprint density at radius 3 is 1.53 bits per heavy atom. The van der Waals surface area contributed by atoms with E-state index in [1.54, 1.807) is 64.6 Å². The van der Waals surface area contributed by atoms with Crippen LogP contribution in [0.15, 0.2) is 90.2 Å². The fourth-order valence-electron chi connectivity index (χ4n) is 7.24. The summed E-state index contributed by atoms with van der Waals surface area (Å²) >= 11 is 0. The normalized spacial score (nSPS) is 16.9. The smallest absolute Gasteiger partial charge is 0.410 e. The highest BCUT2D eigenvalue weighted by atomic mass is 32.2. The number of anilines is 3. The van der Waals surface area contributed by atoms with Crippen LogP contribution in [0.1, 0.15) is 86.2 Å². The maximum absolute atomic E-state index is 13.0. The van der Waals surface area contributed by atoms with Crippen molar-refractivity contribution in [1.82, 2.24) is 39.0 Å². The van der Waals surface area contributed by atoms with Crippen LogP contribution in [0.25, 0.3) is 11.3 Å². The molecule has 2 saturated heterocycles. The molecule has 0 saturated carbocycles. The van der Waals surface area contributed by atoms with Gasteiger partial charge in [0.25, 0.3) is 0 Å². The van der Waals surface area contributed by atoms with Gasteiger partial charge in [0.05, 0.1) is 34.3 Å². The predicted molar refractivity (Wildman–Crippen MR) is 242 cm³/mol. The highest BCUT2D eigenvalue weighted by Gasteiger charge is 2.32. The molecule has 0 aliphatic carbocycles. The molecule has 18 nitrogen and oxygen atoms in total. The third-order valence-corrected chi connectivity index (χ3v) is 11.1. The summed E-state index contributed by atoms with van der Waals surface area (Å²) in [6.45, 7) is 13.2. The fraction of sp³-hybridized carbons (Fsp3) is 0.378. The van der Waals surface area contributed by atoms with Crippen LogP contribution in [0.3, 0.4) is 0 Å². The number of ether oxygens (including phenoxy) is 2. The van der Waals surface area contributed by atoms with Gasteiger partial charge in [-0.2, -0.15) is 14.7 Å². The summed E-state index contributed by atoms with van der Waals surface area (Å²) < 4.78 is 26.2. The van der Waals surface area contributed by atoms with Crippen molar-refractivity contribution in [2.45, 2.75) is 82.7 Å². The number of carbonyl (C=O) groups is 4. The Bertz CT molecular complexity index is 2710. The van der Waals surface area contributed by atoms with E-state index >= 15 is 0 Å². The van der Waals surface area contributed by atoms with E-state index in [2.05, 4.69) is 30.8 Å². The van der Waals surface area contributed by atoms with E-state index in [9.17, 15) is 23.4 Å². The van der Waals surface area contributed by atoms with Crippen molar-refractivity contribution in [1.29, 1.82) is 0 Å². The second kappa shape index (κ2) is 18.4. The van der Waals surface area contributed by atoms with Crippen LogP contribution in [-0.2, 0) is 20.3 Å². The monoisotopic (exact) mass is 891 g/mol. The minimum absolute atomic E-state index is 0.00179. The highest BCUT2D eigenvalue weighted by molar-refractivity contribution is 7.84. The van der Waals surface area contributed by atoms with E-state index < -0.39 is 22.0 Å². The van der Waals surface area contributed by atoms with Crippen LogP contribution in [0.4, 0.5) is 27.0 Å². The van der Waals surface area contributed by atoms with Crippen LogP contribution in [0, 0.1) is 0 Å². The van der Waals surface area contributed by atoms with E-state index in [-0.39, 0.29) is 35.8 Å². The minimum Gasteiger partial charge on any atom is -0.444 e. The standard InChI is InChI=1S/C23H27N5O4S.C22H26N6O3/c1-23(2,3)32-22(30)27-11-10-16(14-27)25-18-12-19(33(4)31)28-21(26-18)17(13-24-28)20(29)15-8-6-5-7-9-15;1-22(2,3)31-21(30)27-10-9-15(13-27)25-18-11-17(23)28-20(26-18)16(12-24-28)19(29)14-7-5-4-6-8-14/h5-9,12-13,16H,10-11,14H2,1-4H3,(H,25,26);4-8,11-12,15H,9-10,13,23H2,1-3H3,(H,25,26)/t16-,33?;15-/m00/s1. The zero-order valence-electron chi connectivity index (χ0n) is 36.9. The van der Waals surface area contributed by atoms with Crippen molar-refractivity contribution in [3.63, 3.8) is 0 Å². The summed E-state index contributed by atoms with van der Waals surface area (Å²) in [5, 5.41) is 15.6. The second-order valence-electron chi connectivity index (χ2n) is 17.6. The number of benzene rings is 2. The fourth-order valence-corrected chi connectivity index (χ4v) is 7.90. The van der Waals surface area contributed by atoms with Gasteiger partial charge < -0.3 is 35.6 Å². The van der Waals surface area contributed by atoms with Gasteiger partial charge >= 0.3 is 12.2 Å². The number of nitrogens with two attached hydrogens (primary N) is 1. The molecule has 8 rings (SSSR count). The lowest BCUT2D eigenvalue weighted by Gasteiger charge is -2.24. The van der Waals surface area contributed by atoms with Crippen molar-refractivity contribution in [2.75, 3.05) is 48.8 Å². The van der Waals surface area contributed by atoms with Crippen molar-refractivity contribution in [3.8, 4) is 0 Å².